The largest absolute Gasteiger partial charge is 0.348 e. The molecule has 0 saturated heterocycles. The predicted molar refractivity (Wildman–Crippen MR) is 92.0 cm³/mol. The molecule has 1 aromatic carbocycles. The summed E-state index contributed by atoms with van der Waals surface area (Å²) in [5, 5.41) is 5.64. The van der Waals surface area contributed by atoms with Gasteiger partial charge in [0, 0.05) is 12.6 Å². The van der Waals surface area contributed by atoms with Crippen LogP contribution in [0.3, 0.4) is 0 Å². The lowest BCUT2D eigenvalue weighted by atomic mass is 9.98. The number of amides is 2. The molecule has 0 radical (unpaired) electrons. The highest BCUT2D eigenvalue weighted by Gasteiger charge is 2.21. The quantitative estimate of drug-likeness (QED) is 0.751. The number of hydrogen-bond acceptors (Lipinski definition) is 3. The Kier molecular flexibility index (Phi) is 8.75. The minimum Gasteiger partial charge on any atom is -0.348 e. The van der Waals surface area contributed by atoms with Crippen molar-refractivity contribution in [1.29, 1.82) is 0 Å². The van der Waals surface area contributed by atoms with Gasteiger partial charge in [-0.15, -0.1) is 12.4 Å². The van der Waals surface area contributed by atoms with E-state index in [1.807, 2.05) is 45.0 Å². The molecule has 0 saturated carbocycles. The van der Waals surface area contributed by atoms with E-state index in [0.717, 1.165) is 12.0 Å². The van der Waals surface area contributed by atoms with Crippen molar-refractivity contribution >= 4 is 29.9 Å². The van der Waals surface area contributed by atoms with Crippen LogP contribution in [0.25, 0.3) is 0 Å². The van der Waals surface area contributed by atoms with E-state index in [0.29, 0.717) is 5.69 Å². The number of halogens is 1. The maximum absolute atomic E-state index is 12.1. The van der Waals surface area contributed by atoms with Crippen molar-refractivity contribution in [3.05, 3.63) is 29.8 Å². The molecule has 1 rings (SSSR count). The van der Waals surface area contributed by atoms with Crippen molar-refractivity contribution in [3.8, 4) is 0 Å². The summed E-state index contributed by atoms with van der Waals surface area (Å²) < 4.78 is 0. The molecule has 0 bridgehead atoms. The first-order valence-electron chi connectivity index (χ1n) is 7.28. The molecule has 0 aliphatic rings. The Labute approximate surface area is 138 Å². The molecule has 3 atom stereocenters. The van der Waals surface area contributed by atoms with Gasteiger partial charge in [-0.1, -0.05) is 32.4 Å². The van der Waals surface area contributed by atoms with Crippen LogP contribution in [0.4, 0.5) is 5.69 Å². The number of carbonyl (C=O) groups excluding carboxylic acids is 2. The maximum atomic E-state index is 12.1. The van der Waals surface area contributed by atoms with Crippen LogP contribution in [-0.4, -0.2) is 17.9 Å². The summed E-state index contributed by atoms with van der Waals surface area (Å²) in [5.74, 6) is -0.132. The minimum absolute atomic E-state index is 0. The van der Waals surface area contributed by atoms with Crippen LogP contribution >= 0.6 is 12.4 Å². The molecule has 0 heterocycles. The van der Waals surface area contributed by atoms with E-state index in [-0.39, 0.29) is 36.2 Å². The fourth-order valence-corrected chi connectivity index (χ4v) is 1.99. The highest BCUT2D eigenvalue weighted by Crippen LogP contribution is 2.18. The molecule has 0 spiro atoms. The second kappa shape index (κ2) is 9.43. The zero-order chi connectivity index (χ0) is 16.0. The fraction of sp³-hybridized carbons (Fsp3) is 0.500. The molecule has 0 fully saturated rings. The summed E-state index contributed by atoms with van der Waals surface area (Å²) in [7, 11) is 0. The first-order valence-corrected chi connectivity index (χ1v) is 7.28. The summed E-state index contributed by atoms with van der Waals surface area (Å²) in [4.78, 5) is 23.2. The zero-order valence-electron chi connectivity index (χ0n) is 13.6. The molecular formula is C16H26ClN3O2. The van der Waals surface area contributed by atoms with Crippen molar-refractivity contribution in [2.75, 3.05) is 5.32 Å². The summed E-state index contributed by atoms with van der Waals surface area (Å²) in [5.41, 5.74) is 7.56. The lowest BCUT2D eigenvalue weighted by molar-refractivity contribution is -0.124. The van der Waals surface area contributed by atoms with Crippen molar-refractivity contribution in [3.63, 3.8) is 0 Å². The molecule has 1 aromatic rings. The number of carbonyl (C=O) groups is 2. The predicted octanol–water partition coefficient (Wildman–Crippen LogP) is 2.62. The molecule has 6 heteroatoms. The third-order valence-corrected chi connectivity index (χ3v) is 3.63. The van der Waals surface area contributed by atoms with E-state index < -0.39 is 6.04 Å². The highest BCUT2D eigenvalue weighted by molar-refractivity contribution is 5.88. The van der Waals surface area contributed by atoms with Crippen LogP contribution in [0.1, 0.15) is 45.7 Å². The zero-order valence-corrected chi connectivity index (χ0v) is 14.4. The molecule has 0 aliphatic heterocycles. The second-order valence-corrected chi connectivity index (χ2v) is 5.45. The molecule has 4 N–H and O–H groups in total. The summed E-state index contributed by atoms with van der Waals surface area (Å²) in [6.07, 6.45) is 0.862. The summed E-state index contributed by atoms with van der Waals surface area (Å²) >= 11 is 0. The van der Waals surface area contributed by atoms with Crippen LogP contribution in [0.5, 0.6) is 0 Å². The van der Waals surface area contributed by atoms with E-state index in [2.05, 4.69) is 10.6 Å². The van der Waals surface area contributed by atoms with Gasteiger partial charge in [0.15, 0.2) is 0 Å². The number of nitrogens with two attached hydrogens (primary N) is 1. The van der Waals surface area contributed by atoms with Crippen molar-refractivity contribution < 1.29 is 9.59 Å². The van der Waals surface area contributed by atoms with E-state index in [9.17, 15) is 9.59 Å². The van der Waals surface area contributed by atoms with Crippen LogP contribution in [0.15, 0.2) is 24.3 Å². The molecule has 22 heavy (non-hydrogen) atoms. The Bertz CT molecular complexity index is 508. The fourth-order valence-electron chi connectivity index (χ4n) is 1.99. The average Bonchev–Trinajstić information content (AvgIpc) is 2.45. The lowest BCUT2D eigenvalue weighted by Gasteiger charge is -2.21. The standard InChI is InChI=1S/C16H25N3O2.ClH/c1-5-10(2)15(17)16(21)18-11(3)13-7-6-8-14(9-13)19-12(4)20;/h6-11,15H,5,17H2,1-4H3,(H,18,21)(H,19,20);1H. The number of benzene rings is 1. The molecule has 0 aliphatic carbocycles. The van der Waals surface area contributed by atoms with Gasteiger partial charge in [-0.25, -0.2) is 0 Å². The third-order valence-electron chi connectivity index (χ3n) is 3.63. The van der Waals surface area contributed by atoms with Crippen molar-refractivity contribution in [2.24, 2.45) is 11.7 Å². The second-order valence-electron chi connectivity index (χ2n) is 5.45. The van der Waals surface area contributed by atoms with E-state index >= 15 is 0 Å². The highest BCUT2D eigenvalue weighted by atomic mass is 35.5. The van der Waals surface area contributed by atoms with Crippen molar-refractivity contribution in [1.82, 2.24) is 5.32 Å². The smallest absolute Gasteiger partial charge is 0.237 e. The van der Waals surface area contributed by atoms with Gasteiger partial charge in [0.1, 0.15) is 0 Å². The Balaban J connectivity index is 0.00000441. The normalized spacial score (nSPS) is 14.2. The minimum atomic E-state index is -0.504. The Morgan fingerprint density at radius 2 is 1.91 bits per heavy atom. The van der Waals surface area contributed by atoms with E-state index in [1.54, 1.807) is 0 Å². The monoisotopic (exact) mass is 327 g/mol. The molecule has 0 aromatic heterocycles. The molecule has 124 valence electrons. The molecule has 5 nitrogen and oxygen atoms in total. The first kappa shape index (κ1) is 20.4. The van der Waals surface area contributed by atoms with Gasteiger partial charge in [0.25, 0.3) is 0 Å². The summed E-state index contributed by atoms with van der Waals surface area (Å²) in [6, 6.07) is 6.74. The third kappa shape index (κ3) is 6.03. The Morgan fingerprint density at radius 1 is 1.27 bits per heavy atom. The maximum Gasteiger partial charge on any atom is 0.237 e. The topological polar surface area (TPSA) is 84.2 Å². The lowest BCUT2D eigenvalue weighted by Crippen LogP contribution is -2.45. The van der Waals surface area contributed by atoms with Crippen LogP contribution in [0, 0.1) is 5.92 Å². The Hall–Kier alpha value is -1.59. The van der Waals surface area contributed by atoms with Gasteiger partial charge < -0.3 is 16.4 Å². The van der Waals surface area contributed by atoms with Gasteiger partial charge in [0.2, 0.25) is 11.8 Å². The van der Waals surface area contributed by atoms with E-state index in [1.165, 1.54) is 6.92 Å². The van der Waals surface area contributed by atoms with Gasteiger partial charge in [0.05, 0.1) is 12.1 Å². The van der Waals surface area contributed by atoms with E-state index in [4.69, 9.17) is 5.73 Å². The SMILES string of the molecule is CCC(C)C(N)C(=O)NC(C)c1cccc(NC(C)=O)c1.Cl. The van der Waals surface area contributed by atoms with Crippen LogP contribution < -0.4 is 16.4 Å². The van der Waals surface area contributed by atoms with Crippen LogP contribution in [0.2, 0.25) is 0 Å². The molecular weight excluding hydrogens is 302 g/mol. The first-order chi connectivity index (χ1) is 9.85. The number of rotatable bonds is 6. The number of anilines is 1. The van der Waals surface area contributed by atoms with Crippen LogP contribution in [-0.2, 0) is 9.59 Å². The summed E-state index contributed by atoms with van der Waals surface area (Å²) in [6.45, 7) is 7.33. The van der Waals surface area contributed by atoms with Gasteiger partial charge in [-0.05, 0) is 30.5 Å². The van der Waals surface area contributed by atoms with Gasteiger partial charge >= 0.3 is 0 Å². The number of nitrogens with one attached hydrogen (secondary N) is 2. The van der Waals surface area contributed by atoms with Gasteiger partial charge in [-0.2, -0.15) is 0 Å². The Morgan fingerprint density at radius 3 is 2.45 bits per heavy atom. The molecule has 2 amide bonds. The average molecular weight is 328 g/mol. The van der Waals surface area contributed by atoms with Gasteiger partial charge in [-0.3, -0.25) is 9.59 Å². The van der Waals surface area contributed by atoms with Crippen molar-refractivity contribution in [2.45, 2.75) is 46.2 Å². The molecule has 3 unspecified atom stereocenters. The number of hydrogen-bond donors (Lipinski definition) is 3.